The molecule has 0 radical (unpaired) electrons. The van der Waals surface area contributed by atoms with Crippen LogP contribution < -0.4 is 4.74 Å². The van der Waals surface area contributed by atoms with Crippen molar-refractivity contribution in [3.63, 3.8) is 0 Å². The summed E-state index contributed by atoms with van der Waals surface area (Å²) in [6.45, 7) is 16.1. The van der Waals surface area contributed by atoms with Crippen LogP contribution in [0, 0.1) is 5.92 Å². The number of fused-ring (bicyclic) bond motifs is 1. The molecule has 1 aromatic rings. The number of likely N-dealkylation sites (tertiary alicyclic amines) is 2. The Hall–Kier alpha value is -2.92. The predicted octanol–water partition coefficient (Wildman–Crippen LogP) is 4.89. The number of hydrogen-bond donors (Lipinski definition) is 0. The largest absolute Gasteiger partial charge is 0.491 e. The Morgan fingerprint density at radius 1 is 1.10 bits per heavy atom. The smallest absolute Gasteiger partial charge is 0.410 e. The molecular weight excluding hydrogens is 554 g/mol. The van der Waals surface area contributed by atoms with Crippen molar-refractivity contribution >= 4 is 31.9 Å². The maximum absolute atomic E-state index is 13.3. The molecule has 2 saturated heterocycles. The number of imide groups is 1. The van der Waals surface area contributed by atoms with Gasteiger partial charge in [0.05, 0.1) is 6.04 Å². The predicted molar refractivity (Wildman–Crippen MR) is 161 cm³/mol. The summed E-state index contributed by atoms with van der Waals surface area (Å²) < 4.78 is 17.5. The van der Waals surface area contributed by atoms with Crippen molar-refractivity contribution in [2.75, 3.05) is 26.5 Å². The SMILES string of the molecule is C[C@@H]1CCCN(C(=O)OC(C)(C)C)[C@@H]1COc1ccc2c(c1)CN(C1CCC(=O)N(COCC[Si](C)(C)C)C1=O)C2=O. The fraction of sp³-hybridized carbons (Fsp3) is 0.677. The summed E-state index contributed by atoms with van der Waals surface area (Å²) >= 11 is 0. The number of benzene rings is 1. The molecule has 4 amide bonds. The molecule has 0 aliphatic carbocycles. The topological polar surface area (TPSA) is 106 Å². The van der Waals surface area contributed by atoms with Crippen LogP contribution in [-0.4, -0.2) is 90.8 Å². The van der Waals surface area contributed by atoms with E-state index < -0.39 is 19.7 Å². The molecule has 0 spiro atoms. The summed E-state index contributed by atoms with van der Waals surface area (Å²) in [5.74, 6) is -0.0131. The van der Waals surface area contributed by atoms with E-state index in [0.717, 1.165) is 29.3 Å². The molecule has 0 aromatic heterocycles. The van der Waals surface area contributed by atoms with E-state index in [4.69, 9.17) is 14.2 Å². The fourth-order valence-electron chi connectivity index (χ4n) is 5.67. The second-order valence-electron chi connectivity index (χ2n) is 14.0. The van der Waals surface area contributed by atoms with E-state index in [2.05, 4.69) is 26.6 Å². The average molecular weight is 602 g/mol. The molecule has 1 unspecified atom stereocenters. The van der Waals surface area contributed by atoms with Gasteiger partial charge in [-0.15, -0.1) is 0 Å². The van der Waals surface area contributed by atoms with E-state index in [1.165, 1.54) is 0 Å². The molecule has 10 nitrogen and oxygen atoms in total. The van der Waals surface area contributed by atoms with Gasteiger partial charge in [0.1, 0.15) is 30.7 Å². The highest BCUT2D eigenvalue weighted by Crippen LogP contribution is 2.32. The van der Waals surface area contributed by atoms with Crippen molar-refractivity contribution in [2.45, 2.75) is 103 Å². The fourth-order valence-corrected chi connectivity index (χ4v) is 6.43. The van der Waals surface area contributed by atoms with Crippen LogP contribution >= 0.6 is 0 Å². The molecule has 2 fully saturated rings. The molecule has 0 saturated carbocycles. The lowest BCUT2D eigenvalue weighted by Gasteiger charge is -2.40. The van der Waals surface area contributed by atoms with Crippen LogP contribution in [0.1, 0.15) is 69.3 Å². The van der Waals surface area contributed by atoms with Gasteiger partial charge in [-0.25, -0.2) is 4.79 Å². The second-order valence-corrected chi connectivity index (χ2v) is 19.6. The zero-order valence-electron chi connectivity index (χ0n) is 26.2. The minimum absolute atomic E-state index is 0.0779. The Bertz CT molecular complexity index is 1190. The molecule has 3 atom stereocenters. The first kappa shape index (κ1) is 32.0. The molecule has 0 bridgehead atoms. The molecule has 3 heterocycles. The van der Waals surface area contributed by atoms with Crippen LogP contribution in [0.15, 0.2) is 18.2 Å². The van der Waals surface area contributed by atoms with Crippen molar-refractivity contribution < 1.29 is 33.4 Å². The standard InChI is InChI=1S/C31H47N3O7Si/c1-21-9-8-14-32(30(38)41-31(2,3)4)26(21)19-40-23-10-11-24-22(17-23)18-33(28(24)36)25-12-13-27(35)34(29(25)37)20-39-15-16-42(5,6)7/h10-11,17,21,25-26H,8-9,12-16,18-20H2,1-7H3/t21-,25?,26-/m1/s1. The van der Waals surface area contributed by atoms with Crippen LogP contribution in [0.3, 0.4) is 0 Å². The van der Waals surface area contributed by atoms with Gasteiger partial charge in [-0.05, 0) is 75.8 Å². The third-order valence-corrected chi connectivity index (χ3v) is 9.85. The van der Waals surface area contributed by atoms with E-state index in [1.807, 2.05) is 26.8 Å². The van der Waals surface area contributed by atoms with E-state index >= 15 is 0 Å². The molecule has 42 heavy (non-hydrogen) atoms. The Kier molecular flexibility index (Phi) is 9.71. The second kappa shape index (κ2) is 12.7. The minimum Gasteiger partial charge on any atom is -0.491 e. The van der Waals surface area contributed by atoms with Gasteiger partial charge in [-0.2, -0.15) is 0 Å². The van der Waals surface area contributed by atoms with Crippen molar-refractivity contribution in [3.8, 4) is 5.75 Å². The number of hydrogen-bond acceptors (Lipinski definition) is 7. The highest BCUT2D eigenvalue weighted by atomic mass is 28.3. The van der Waals surface area contributed by atoms with Crippen LogP contribution in [0.2, 0.25) is 25.7 Å². The zero-order valence-corrected chi connectivity index (χ0v) is 27.2. The Morgan fingerprint density at radius 2 is 1.83 bits per heavy atom. The number of amides is 4. The molecule has 0 N–H and O–H groups in total. The summed E-state index contributed by atoms with van der Waals surface area (Å²) in [4.78, 5) is 56.6. The highest BCUT2D eigenvalue weighted by Gasteiger charge is 2.43. The lowest BCUT2D eigenvalue weighted by atomic mass is 9.91. The van der Waals surface area contributed by atoms with Gasteiger partial charge < -0.3 is 24.0 Å². The number of carbonyl (C=O) groups excluding carboxylic acids is 4. The first-order valence-corrected chi connectivity index (χ1v) is 18.8. The third kappa shape index (κ3) is 7.72. The molecular formula is C31H47N3O7Si. The molecule has 232 valence electrons. The summed E-state index contributed by atoms with van der Waals surface area (Å²) in [6, 6.07) is 5.44. The quantitative estimate of drug-likeness (QED) is 0.226. The maximum atomic E-state index is 13.3. The van der Waals surface area contributed by atoms with Gasteiger partial charge >= 0.3 is 6.09 Å². The molecule has 11 heteroatoms. The van der Waals surface area contributed by atoms with Crippen molar-refractivity contribution in [2.24, 2.45) is 5.92 Å². The van der Waals surface area contributed by atoms with Crippen molar-refractivity contribution in [3.05, 3.63) is 29.3 Å². The van der Waals surface area contributed by atoms with Gasteiger partial charge in [-0.1, -0.05) is 26.6 Å². The summed E-state index contributed by atoms with van der Waals surface area (Å²) in [5.41, 5.74) is 0.735. The Morgan fingerprint density at radius 3 is 2.52 bits per heavy atom. The zero-order chi connectivity index (χ0) is 30.8. The van der Waals surface area contributed by atoms with Crippen molar-refractivity contribution in [1.29, 1.82) is 0 Å². The molecule has 3 aliphatic rings. The Balaban J connectivity index is 1.39. The summed E-state index contributed by atoms with van der Waals surface area (Å²) in [5, 5.41) is 0. The van der Waals surface area contributed by atoms with Gasteiger partial charge in [-0.3, -0.25) is 19.3 Å². The first-order valence-electron chi connectivity index (χ1n) is 15.1. The Labute approximate surface area is 250 Å². The van der Waals surface area contributed by atoms with E-state index in [0.29, 0.717) is 37.5 Å². The lowest BCUT2D eigenvalue weighted by Crippen LogP contribution is -2.55. The van der Waals surface area contributed by atoms with Gasteiger partial charge in [0.25, 0.3) is 11.8 Å². The number of piperidine rings is 2. The number of carbonyl (C=O) groups is 4. The van der Waals surface area contributed by atoms with Gasteiger partial charge in [0.15, 0.2) is 0 Å². The third-order valence-electron chi connectivity index (χ3n) is 8.15. The summed E-state index contributed by atoms with van der Waals surface area (Å²) in [6.07, 6.45) is 2.08. The first-order chi connectivity index (χ1) is 19.6. The van der Waals surface area contributed by atoms with Gasteiger partial charge in [0, 0.05) is 39.8 Å². The normalized spacial score (nSPS) is 23.4. The molecule has 1 aromatic carbocycles. The van der Waals surface area contributed by atoms with Crippen LogP contribution in [-0.2, 0) is 25.6 Å². The molecule has 3 aliphatic heterocycles. The van der Waals surface area contributed by atoms with Crippen LogP contribution in [0.25, 0.3) is 0 Å². The monoisotopic (exact) mass is 601 g/mol. The number of rotatable bonds is 9. The molecule has 4 rings (SSSR count). The van der Waals surface area contributed by atoms with E-state index in [-0.39, 0.29) is 55.5 Å². The summed E-state index contributed by atoms with van der Waals surface area (Å²) in [7, 11) is -1.30. The minimum atomic E-state index is -1.30. The maximum Gasteiger partial charge on any atom is 0.410 e. The van der Waals surface area contributed by atoms with Crippen LogP contribution in [0.4, 0.5) is 4.79 Å². The number of nitrogens with zero attached hydrogens (tertiary/aromatic N) is 3. The van der Waals surface area contributed by atoms with E-state index in [9.17, 15) is 19.2 Å². The lowest BCUT2D eigenvalue weighted by molar-refractivity contribution is -0.158. The highest BCUT2D eigenvalue weighted by molar-refractivity contribution is 6.76. The number of ether oxygens (including phenoxy) is 3. The average Bonchev–Trinajstić information content (AvgIpc) is 3.21. The van der Waals surface area contributed by atoms with E-state index in [1.54, 1.807) is 21.9 Å². The van der Waals surface area contributed by atoms with Gasteiger partial charge in [0.2, 0.25) is 5.91 Å². The van der Waals surface area contributed by atoms with Crippen LogP contribution in [0.5, 0.6) is 5.75 Å². The van der Waals surface area contributed by atoms with Crippen molar-refractivity contribution in [1.82, 2.24) is 14.7 Å².